The van der Waals surface area contributed by atoms with E-state index in [-0.39, 0.29) is 5.91 Å². The van der Waals surface area contributed by atoms with Gasteiger partial charge in [-0.2, -0.15) is 0 Å². The van der Waals surface area contributed by atoms with Crippen LogP contribution in [-0.2, 0) is 6.42 Å². The standard InChI is InChI=1S/C19H25N3O/c1-3-5-8-13-20-16-11-12-18(21-14-16)19(23)22-17-10-7-6-9-15(17)4-2/h6-7,9-12,14,20H,3-5,8,13H2,1-2H3,(H,22,23). The van der Waals surface area contributed by atoms with E-state index in [1.54, 1.807) is 12.3 Å². The third-order valence-corrected chi connectivity index (χ3v) is 3.75. The number of unbranched alkanes of at least 4 members (excludes halogenated alkanes) is 2. The van der Waals surface area contributed by atoms with Gasteiger partial charge in [-0.1, -0.05) is 44.9 Å². The van der Waals surface area contributed by atoms with Crippen molar-refractivity contribution in [1.82, 2.24) is 4.98 Å². The number of amides is 1. The van der Waals surface area contributed by atoms with Gasteiger partial charge in [0.25, 0.3) is 5.91 Å². The fraction of sp³-hybridized carbons (Fsp3) is 0.368. The highest BCUT2D eigenvalue weighted by molar-refractivity contribution is 6.03. The normalized spacial score (nSPS) is 10.3. The van der Waals surface area contributed by atoms with Gasteiger partial charge in [0, 0.05) is 12.2 Å². The molecule has 0 aliphatic carbocycles. The molecule has 0 atom stereocenters. The number of nitrogens with zero attached hydrogens (tertiary/aromatic N) is 1. The maximum atomic E-state index is 12.3. The summed E-state index contributed by atoms with van der Waals surface area (Å²) >= 11 is 0. The van der Waals surface area contributed by atoms with Crippen LogP contribution >= 0.6 is 0 Å². The fourth-order valence-electron chi connectivity index (χ4n) is 2.38. The van der Waals surface area contributed by atoms with Gasteiger partial charge < -0.3 is 10.6 Å². The number of aromatic nitrogens is 1. The average molecular weight is 311 g/mol. The molecule has 0 saturated heterocycles. The summed E-state index contributed by atoms with van der Waals surface area (Å²) in [5.74, 6) is -0.177. The van der Waals surface area contributed by atoms with Gasteiger partial charge in [0.05, 0.1) is 11.9 Å². The second-order valence-electron chi connectivity index (χ2n) is 5.53. The van der Waals surface area contributed by atoms with E-state index in [1.165, 1.54) is 12.8 Å². The first kappa shape index (κ1) is 17.0. The van der Waals surface area contributed by atoms with E-state index in [0.717, 1.165) is 36.3 Å². The highest BCUT2D eigenvalue weighted by Crippen LogP contribution is 2.16. The van der Waals surface area contributed by atoms with Crippen LogP contribution in [0.4, 0.5) is 11.4 Å². The molecule has 4 nitrogen and oxygen atoms in total. The van der Waals surface area contributed by atoms with Gasteiger partial charge in [-0.25, -0.2) is 4.98 Å². The molecule has 122 valence electrons. The molecule has 0 saturated carbocycles. The molecule has 4 heteroatoms. The Morgan fingerprint density at radius 2 is 1.91 bits per heavy atom. The Hall–Kier alpha value is -2.36. The molecular weight excluding hydrogens is 286 g/mol. The molecule has 0 unspecified atom stereocenters. The van der Waals surface area contributed by atoms with E-state index in [1.807, 2.05) is 30.3 Å². The summed E-state index contributed by atoms with van der Waals surface area (Å²) in [5, 5.41) is 6.25. The van der Waals surface area contributed by atoms with Crippen LogP contribution in [0.15, 0.2) is 42.6 Å². The maximum absolute atomic E-state index is 12.3. The van der Waals surface area contributed by atoms with Crippen molar-refractivity contribution < 1.29 is 4.79 Å². The number of rotatable bonds is 8. The molecule has 1 amide bonds. The van der Waals surface area contributed by atoms with Crippen LogP contribution in [0.5, 0.6) is 0 Å². The van der Waals surface area contributed by atoms with Gasteiger partial charge in [-0.15, -0.1) is 0 Å². The van der Waals surface area contributed by atoms with Crippen LogP contribution < -0.4 is 10.6 Å². The lowest BCUT2D eigenvalue weighted by molar-refractivity contribution is 0.102. The molecule has 0 bridgehead atoms. The average Bonchev–Trinajstić information content (AvgIpc) is 2.59. The first-order valence-electron chi connectivity index (χ1n) is 8.33. The van der Waals surface area contributed by atoms with Gasteiger partial charge >= 0.3 is 0 Å². The number of hydrogen-bond acceptors (Lipinski definition) is 3. The summed E-state index contributed by atoms with van der Waals surface area (Å²) < 4.78 is 0. The molecule has 23 heavy (non-hydrogen) atoms. The number of carbonyl (C=O) groups excluding carboxylic acids is 1. The zero-order valence-corrected chi connectivity index (χ0v) is 13.9. The predicted molar refractivity (Wildman–Crippen MR) is 96.0 cm³/mol. The molecule has 2 N–H and O–H groups in total. The van der Waals surface area contributed by atoms with Crippen molar-refractivity contribution in [3.63, 3.8) is 0 Å². The Bertz CT molecular complexity index is 623. The summed E-state index contributed by atoms with van der Waals surface area (Å²) in [7, 11) is 0. The first-order valence-corrected chi connectivity index (χ1v) is 8.33. The highest BCUT2D eigenvalue weighted by atomic mass is 16.1. The lowest BCUT2D eigenvalue weighted by atomic mass is 10.1. The Morgan fingerprint density at radius 1 is 1.09 bits per heavy atom. The summed E-state index contributed by atoms with van der Waals surface area (Å²) in [4.78, 5) is 16.6. The van der Waals surface area contributed by atoms with Gasteiger partial charge in [-0.3, -0.25) is 4.79 Å². The minimum Gasteiger partial charge on any atom is -0.384 e. The Morgan fingerprint density at radius 3 is 2.61 bits per heavy atom. The quantitative estimate of drug-likeness (QED) is 0.706. The molecule has 1 heterocycles. The van der Waals surface area contributed by atoms with Crippen LogP contribution in [0.2, 0.25) is 0 Å². The predicted octanol–water partition coefficient (Wildman–Crippen LogP) is 4.50. The second kappa shape index (κ2) is 8.93. The van der Waals surface area contributed by atoms with Crippen molar-refractivity contribution in [2.75, 3.05) is 17.2 Å². The van der Waals surface area contributed by atoms with Crippen molar-refractivity contribution in [1.29, 1.82) is 0 Å². The Balaban J connectivity index is 1.94. The zero-order chi connectivity index (χ0) is 16.5. The Kier molecular flexibility index (Phi) is 6.60. The number of pyridine rings is 1. The van der Waals surface area contributed by atoms with Crippen molar-refractivity contribution >= 4 is 17.3 Å². The van der Waals surface area contributed by atoms with E-state index in [4.69, 9.17) is 0 Å². The molecule has 0 aliphatic heterocycles. The molecular formula is C19H25N3O. The van der Waals surface area contributed by atoms with E-state index in [0.29, 0.717) is 5.69 Å². The summed E-state index contributed by atoms with van der Waals surface area (Å²) in [5.41, 5.74) is 3.35. The topological polar surface area (TPSA) is 54.0 Å². The lowest BCUT2D eigenvalue weighted by Crippen LogP contribution is -2.15. The number of anilines is 2. The monoisotopic (exact) mass is 311 g/mol. The zero-order valence-electron chi connectivity index (χ0n) is 13.9. The molecule has 0 radical (unpaired) electrons. The molecule has 0 aliphatic rings. The van der Waals surface area contributed by atoms with E-state index < -0.39 is 0 Å². The van der Waals surface area contributed by atoms with Crippen LogP contribution in [0.1, 0.15) is 49.2 Å². The SMILES string of the molecule is CCCCCNc1ccc(C(=O)Nc2ccccc2CC)nc1. The molecule has 1 aromatic heterocycles. The van der Waals surface area contributed by atoms with Crippen molar-refractivity contribution in [2.24, 2.45) is 0 Å². The fourth-order valence-corrected chi connectivity index (χ4v) is 2.38. The van der Waals surface area contributed by atoms with Crippen molar-refractivity contribution in [3.8, 4) is 0 Å². The third kappa shape index (κ3) is 5.09. The minimum absolute atomic E-state index is 0.177. The second-order valence-corrected chi connectivity index (χ2v) is 5.53. The molecule has 2 aromatic rings. The van der Waals surface area contributed by atoms with Crippen LogP contribution in [0.25, 0.3) is 0 Å². The summed E-state index contributed by atoms with van der Waals surface area (Å²) in [6, 6.07) is 11.5. The van der Waals surface area contributed by atoms with Crippen molar-refractivity contribution in [3.05, 3.63) is 53.9 Å². The van der Waals surface area contributed by atoms with E-state index in [9.17, 15) is 4.79 Å². The number of nitrogens with one attached hydrogen (secondary N) is 2. The van der Waals surface area contributed by atoms with Gasteiger partial charge in [0.1, 0.15) is 5.69 Å². The molecule has 0 spiro atoms. The Labute approximate surface area is 138 Å². The lowest BCUT2D eigenvalue weighted by Gasteiger charge is -2.10. The summed E-state index contributed by atoms with van der Waals surface area (Å²) in [6.45, 7) is 5.19. The number of benzene rings is 1. The van der Waals surface area contributed by atoms with Gasteiger partial charge in [0.15, 0.2) is 0 Å². The van der Waals surface area contributed by atoms with Crippen molar-refractivity contribution in [2.45, 2.75) is 39.5 Å². The van der Waals surface area contributed by atoms with Gasteiger partial charge in [0.2, 0.25) is 0 Å². The number of hydrogen-bond donors (Lipinski definition) is 2. The smallest absolute Gasteiger partial charge is 0.274 e. The maximum Gasteiger partial charge on any atom is 0.274 e. The molecule has 1 aromatic carbocycles. The summed E-state index contributed by atoms with van der Waals surface area (Å²) in [6.07, 6.45) is 6.17. The van der Waals surface area contributed by atoms with Crippen LogP contribution in [-0.4, -0.2) is 17.4 Å². The van der Waals surface area contributed by atoms with Crippen LogP contribution in [0, 0.1) is 0 Å². The molecule has 2 rings (SSSR count). The third-order valence-electron chi connectivity index (χ3n) is 3.75. The molecule has 0 fully saturated rings. The van der Waals surface area contributed by atoms with E-state index in [2.05, 4.69) is 29.5 Å². The number of para-hydroxylation sites is 1. The number of carbonyl (C=O) groups is 1. The van der Waals surface area contributed by atoms with Gasteiger partial charge in [-0.05, 0) is 36.6 Å². The highest BCUT2D eigenvalue weighted by Gasteiger charge is 2.09. The van der Waals surface area contributed by atoms with Crippen LogP contribution in [0.3, 0.4) is 0 Å². The first-order chi connectivity index (χ1) is 11.2. The largest absolute Gasteiger partial charge is 0.384 e. The van der Waals surface area contributed by atoms with E-state index >= 15 is 0 Å². The minimum atomic E-state index is -0.177. The number of aryl methyl sites for hydroxylation is 1.